The van der Waals surface area contributed by atoms with Gasteiger partial charge in [-0.25, -0.2) is 0 Å². The molecule has 0 aliphatic rings. The molecule has 0 spiro atoms. The van der Waals surface area contributed by atoms with Gasteiger partial charge in [0.05, 0.1) is 0 Å². The molecular weight excluding hydrogens is 375 g/mol. The maximum absolute atomic E-state index is 5.38. The van der Waals surface area contributed by atoms with Gasteiger partial charge in [-0.3, -0.25) is 0 Å². The van der Waals surface area contributed by atoms with Gasteiger partial charge in [0, 0.05) is 0 Å². The van der Waals surface area contributed by atoms with E-state index in [9.17, 15) is 0 Å². The van der Waals surface area contributed by atoms with Crippen molar-refractivity contribution in [2.24, 2.45) is 0 Å². The standard InChI is InChI=1S/4C4H3O.Sn/c4*1-2-4-5-3-1;/h4*1,3-4H;. The Morgan fingerprint density at radius 2 is 0.762 bits per heavy atom. The molecular formula is C16H12O4Sn. The van der Waals surface area contributed by atoms with E-state index in [-0.39, 0.29) is 0 Å². The molecule has 0 N–H and O–H groups in total. The van der Waals surface area contributed by atoms with E-state index in [1.54, 1.807) is 25.1 Å². The summed E-state index contributed by atoms with van der Waals surface area (Å²) in [7, 11) is 0. The van der Waals surface area contributed by atoms with Crippen LogP contribution in [0.2, 0.25) is 0 Å². The predicted molar refractivity (Wildman–Crippen MR) is 79.1 cm³/mol. The summed E-state index contributed by atoms with van der Waals surface area (Å²) in [5.41, 5.74) is 0. The third-order valence-corrected chi connectivity index (χ3v) is 17.0. The first-order valence-electron chi connectivity index (χ1n) is 6.53. The number of furan rings is 4. The second kappa shape index (κ2) is 5.03. The molecule has 0 radical (unpaired) electrons. The Balaban J connectivity index is 2.10. The Bertz CT molecular complexity index is 638. The van der Waals surface area contributed by atoms with Crippen molar-refractivity contribution in [1.82, 2.24) is 0 Å². The summed E-state index contributed by atoms with van der Waals surface area (Å²) in [4.78, 5) is 0. The summed E-state index contributed by atoms with van der Waals surface area (Å²) >= 11 is -3.43. The van der Waals surface area contributed by atoms with E-state index >= 15 is 0 Å². The van der Waals surface area contributed by atoms with Crippen LogP contribution >= 0.6 is 0 Å². The Hall–Kier alpha value is -2.08. The van der Waals surface area contributed by atoms with E-state index < -0.39 is 18.4 Å². The van der Waals surface area contributed by atoms with Crippen molar-refractivity contribution in [3.05, 3.63) is 74.4 Å². The van der Waals surface area contributed by atoms with Crippen LogP contribution in [0.5, 0.6) is 0 Å². The first-order chi connectivity index (χ1) is 10.4. The number of hydrogen-bond donors (Lipinski definition) is 0. The Labute approximate surface area is 124 Å². The third kappa shape index (κ3) is 1.82. The van der Waals surface area contributed by atoms with Gasteiger partial charge in [-0.15, -0.1) is 0 Å². The van der Waals surface area contributed by atoms with Gasteiger partial charge in [0.15, 0.2) is 0 Å². The fraction of sp³-hybridized carbons (Fsp3) is 0. The SMILES string of the molecule is c1c[c]([Sn]([c]2ccoc2)([c]2ccoc2)[c]2ccoc2)co1. The van der Waals surface area contributed by atoms with Crippen molar-refractivity contribution in [2.75, 3.05) is 0 Å². The molecule has 4 rings (SSSR count). The molecule has 0 unspecified atom stereocenters. The molecule has 0 aliphatic carbocycles. The average Bonchev–Trinajstić information content (AvgIpc) is 3.32. The van der Waals surface area contributed by atoms with Crippen LogP contribution in [0.4, 0.5) is 0 Å². The summed E-state index contributed by atoms with van der Waals surface area (Å²) in [5, 5.41) is 0. The van der Waals surface area contributed by atoms with E-state index in [1.807, 2.05) is 49.3 Å². The topological polar surface area (TPSA) is 52.6 Å². The van der Waals surface area contributed by atoms with Crippen LogP contribution in [0.25, 0.3) is 0 Å². The zero-order valence-electron chi connectivity index (χ0n) is 11.1. The molecule has 0 amide bonds. The van der Waals surface area contributed by atoms with Gasteiger partial charge >= 0.3 is 125 Å². The van der Waals surface area contributed by atoms with E-state index in [4.69, 9.17) is 17.7 Å². The van der Waals surface area contributed by atoms with Crippen LogP contribution in [0.15, 0.2) is 92.0 Å². The summed E-state index contributed by atoms with van der Waals surface area (Å²) < 4.78 is 26.3. The van der Waals surface area contributed by atoms with Gasteiger partial charge in [0.25, 0.3) is 0 Å². The van der Waals surface area contributed by atoms with Crippen LogP contribution in [-0.2, 0) is 0 Å². The summed E-state index contributed by atoms with van der Waals surface area (Å²) in [5.74, 6) is 0. The quantitative estimate of drug-likeness (QED) is 0.498. The molecule has 0 aliphatic heterocycles. The third-order valence-electron chi connectivity index (χ3n) is 3.82. The van der Waals surface area contributed by atoms with Crippen molar-refractivity contribution < 1.29 is 17.7 Å². The van der Waals surface area contributed by atoms with Gasteiger partial charge in [-0.1, -0.05) is 0 Å². The van der Waals surface area contributed by atoms with Crippen molar-refractivity contribution >= 4 is 32.7 Å². The molecule has 21 heavy (non-hydrogen) atoms. The van der Waals surface area contributed by atoms with Crippen molar-refractivity contribution in [3.8, 4) is 0 Å². The molecule has 0 saturated carbocycles. The molecule has 0 fully saturated rings. The van der Waals surface area contributed by atoms with Crippen molar-refractivity contribution in [3.63, 3.8) is 0 Å². The van der Waals surface area contributed by atoms with Crippen LogP contribution in [0.3, 0.4) is 0 Å². The molecule has 0 atom stereocenters. The molecule has 4 aromatic heterocycles. The molecule has 4 nitrogen and oxygen atoms in total. The van der Waals surface area contributed by atoms with Gasteiger partial charge < -0.3 is 0 Å². The molecule has 104 valence electrons. The molecule has 0 aromatic carbocycles. The zero-order valence-corrected chi connectivity index (χ0v) is 13.9. The summed E-state index contributed by atoms with van der Waals surface area (Å²) in [6.07, 6.45) is 14.1. The molecule has 0 saturated heterocycles. The molecule has 5 heteroatoms. The average molecular weight is 387 g/mol. The summed E-state index contributed by atoms with van der Waals surface area (Å²) in [6, 6.07) is 8.12. The monoisotopic (exact) mass is 388 g/mol. The minimum absolute atomic E-state index is 1.19. The normalized spacial score (nSPS) is 11.8. The molecule has 0 bridgehead atoms. The van der Waals surface area contributed by atoms with Crippen LogP contribution in [0.1, 0.15) is 0 Å². The Morgan fingerprint density at radius 3 is 0.952 bits per heavy atom. The molecule has 4 aromatic rings. The van der Waals surface area contributed by atoms with Gasteiger partial charge in [-0.2, -0.15) is 0 Å². The fourth-order valence-electron chi connectivity index (χ4n) is 2.91. The second-order valence-corrected chi connectivity index (χ2v) is 15.7. The van der Waals surface area contributed by atoms with Gasteiger partial charge in [0.1, 0.15) is 0 Å². The first kappa shape index (κ1) is 12.6. The number of hydrogen-bond acceptors (Lipinski definition) is 4. The van der Waals surface area contributed by atoms with Crippen molar-refractivity contribution in [1.29, 1.82) is 0 Å². The number of rotatable bonds is 4. The first-order valence-corrected chi connectivity index (χ1v) is 12.2. The zero-order chi connectivity index (χ0) is 14.1. The Morgan fingerprint density at radius 1 is 0.476 bits per heavy atom. The fourth-order valence-corrected chi connectivity index (χ4v) is 15.0. The molecule has 4 heterocycles. The predicted octanol–water partition coefficient (Wildman–Crippen LogP) is 1.44. The van der Waals surface area contributed by atoms with Gasteiger partial charge in [0.2, 0.25) is 0 Å². The van der Waals surface area contributed by atoms with E-state index in [1.165, 1.54) is 14.3 Å². The van der Waals surface area contributed by atoms with Crippen LogP contribution < -0.4 is 14.3 Å². The Kier molecular flexibility index (Phi) is 3.03. The maximum atomic E-state index is 5.38. The van der Waals surface area contributed by atoms with Crippen LogP contribution in [0, 0.1) is 0 Å². The van der Waals surface area contributed by atoms with Crippen LogP contribution in [-0.4, -0.2) is 18.4 Å². The van der Waals surface area contributed by atoms with Gasteiger partial charge in [-0.05, 0) is 0 Å². The summed E-state index contributed by atoms with van der Waals surface area (Å²) in [6.45, 7) is 0. The van der Waals surface area contributed by atoms with E-state index in [0.29, 0.717) is 0 Å². The minimum atomic E-state index is -3.43. The van der Waals surface area contributed by atoms with E-state index in [0.717, 1.165) is 0 Å². The van der Waals surface area contributed by atoms with E-state index in [2.05, 4.69) is 0 Å². The second-order valence-electron chi connectivity index (χ2n) is 4.80. The van der Waals surface area contributed by atoms with Crippen molar-refractivity contribution in [2.45, 2.75) is 0 Å².